The Kier molecular flexibility index (Phi) is 3.52. The van der Waals surface area contributed by atoms with E-state index in [4.69, 9.17) is 5.73 Å². The molecule has 0 unspecified atom stereocenters. The average molecular weight is 273 g/mol. The van der Waals surface area contributed by atoms with E-state index in [1.807, 2.05) is 78.9 Å². The van der Waals surface area contributed by atoms with Crippen molar-refractivity contribution in [2.45, 2.75) is 0 Å². The zero-order valence-corrected chi connectivity index (χ0v) is 11.5. The molecule has 0 fully saturated rings. The van der Waals surface area contributed by atoms with Gasteiger partial charge in [-0.25, -0.2) is 0 Å². The summed E-state index contributed by atoms with van der Waals surface area (Å²) in [6.45, 7) is 0. The minimum Gasteiger partial charge on any atom is -0.366 e. The first-order valence-electron chi connectivity index (χ1n) is 6.80. The second-order valence-electron chi connectivity index (χ2n) is 4.86. The van der Waals surface area contributed by atoms with Crippen LogP contribution in [0, 0.1) is 0 Å². The molecule has 0 radical (unpaired) electrons. The number of rotatable bonds is 3. The Bertz CT molecular complexity index is 814. The van der Waals surface area contributed by atoms with E-state index in [0.717, 1.165) is 21.9 Å². The molecule has 0 atom stereocenters. The van der Waals surface area contributed by atoms with Gasteiger partial charge in [-0.1, -0.05) is 72.8 Å². The van der Waals surface area contributed by atoms with Crippen LogP contribution >= 0.6 is 0 Å². The van der Waals surface area contributed by atoms with Crippen molar-refractivity contribution in [3.05, 3.63) is 83.9 Å². The second kappa shape index (κ2) is 5.63. The van der Waals surface area contributed by atoms with Crippen LogP contribution in [0.5, 0.6) is 0 Å². The number of primary amides is 1. The number of carbonyl (C=O) groups excluding carboxylic acids is 1. The van der Waals surface area contributed by atoms with Crippen molar-refractivity contribution >= 4 is 28.3 Å². The van der Waals surface area contributed by atoms with Gasteiger partial charge >= 0.3 is 0 Å². The summed E-state index contributed by atoms with van der Waals surface area (Å²) in [4.78, 5) is 11.9. The van der Waals surface area contributed by atoms with Crippen molar-refractivity contribution in [3.63, 3.8) is 0 Å². The fourth-order valence-corrected chi connectivity index (χ4v) is 2.46. The predicted octanol–water partition coefficient (Wildman–Crippen LogP) is 3.87. The lowest BCUT2D eigenvalue weighted by Crippen LogP contribution is -2.13. The van der Waals surface area contributed by atoms with Crippen LogP contribution in [-0.4, -0.2) is 5.91 Å². The molecule has 1 amide bonds. The van der Waals surface area contributed by atoms with Crippen LogP contribution in [0.25, 0.3) is 22.4 Å². The highest BCUT2D eigenvalue weighted by molar-refractivity contribution is 6.26. The number of amides is 1. The van der Waals surface area contributed by atoms with Crippen LogP contribution < -0.4 is 5.73 Å². The minimum atomic E-state index is -0.421. The van der Waals surface area contributed by atoms with Crippen LogP contribution in [0.4, 0.5) is 0 Å². The van der Waals surface area contributed by atoms with Gasteiger partial charge in [0.05, 0.1) is 0 Å². The molecule has 2 nitrogen and oxygen atoms in total. The van der Waals surface area contributed by atoms with E-state index in [1.54, 1.807) is 0 Å². The Morgan fingerprint density at radius 2 is 1.48 bits per heavy atom. The molecule has 0 spiro atoms. The molecule has 0 aliphatic rings. The van der Waals surface area contributed by atoms with Crippen LogP contribution in [0.15, 0.2) is 72.8 Å². The Morgan fingerprint density at radius 3 is 2.24 bits per heavy atom. The quantitative estimate of drug-likeness (QED) is 0.571. The van der Waals surface area contributed by atoms with E-state index in [2.05, 4.69) is 0 Å². The van der Waals surface area contributed by atoms with Gasteiger partial charge in [0.1, 0.15) is 0 Å². The first kappa shape index (κ1) is 13.1. The fraction of sp³-hybridized carbons (Fsp3) is 0. The number of nitrogens with two attached hydrogens (primary N) is 1. The summed E-state index contributed by atoms with van der Waals surface area (Å²) < 4.78 is 0. The molecule has 2 N–H and O–H groups in total. The molecule has 2 heteroatoms. The maximum atomic E-state index is 11.9. The summed E-state index contributed by atoms with van der Waals surface area (Å²) in [5, 5.41) is 2.12. The van der Waals surface area contributed by atoms with Gasteiger partial charge in [-0.2, -0.15) is 0 Å². The molecular weight excluding hydrogens is 258 g/mol. The van der Waals surface area contributed by atoms with Crippen molar-refractivity contribution in [1.29, 1.82) is 0 Å². The molecule has 102 valence electrons. The summed E-state index contributed by atoms with van der Waals surface area (Å²) in [6, 6.07) is 23.6. The van der Waals surface area contributed by atoms with Crippen molar-refractivity contribution in [1.82, 2.24) is 0 Å². The maximum absolute atomic E-state index is 11.9. The largest absolute Gasteiger partial charge is 0.366 e. The van der Waals surface area contributed by atoms with Crippen molar-refractivity contribution in [2.75, 3.05) is 0 Å². The van der Waals surface area contributed by atoms with E-state index in [9.17, 15) is 4.79 Å². The van der Waals surface area contributed by atoms with Crippen LogP contribution in [0.2, 0.25) is 0 Å². The Hall–Kier alpha value is -2.87. The Balaban J connectivity index is 2.22. The van der Waals surface area contributed by atoms with Gasteiger partial charge in [-0.3, -0.25) is 4.79 Å². The maximum Gasteiger partial charge on any atom is 0.249 e. The number of carbonyl (C=O) groups is 1. The van der Waals surface area contributed by atoms with Crippen molar-refractivity contribution in [3.8, 4) is 0 Å². The summed E-state index contributed by atoms with van der Waals surface area (Å²) in [7, 11) is 0. The number of fused-ring (bicyclic) bond motifs is 1. The molecule has 0 heterocycles. The van der Waals surface area contributed by atoms with E-state index in [1.165, 1.54) is 0 Å². The summed E-state index contributed by atoms with van der Waals surface area (Å²) >= 11 is 0. The second-order valence-corrected chi connectivity index (χ2v) is 4.86. The molecule has 0 aromatic heterocycles. The highest BCUT2D eigenvalue weighted by Crippen LogP contribution is 2.26. The lowest BCUT2D eigenvalue weighted by atomic mass is 9.96. The summed E-state index contributed by atoms with van der Waals surface area (Å²) in [5.41, 5.74) is 7.95. The van der Waals surface area contributed by atoms with Gasteiger partial charge in [0.15, 0.2) is 0 Å². The highest BCUT2D eigenvalue weighted by atomic mass is 16.1. The van der Waals surface area contributed by atoms with Gasteiger partial charge in [-0.15, -0.1) is 0 Å². The standard InChI is InChI=1S/C19H15NO/c20-19(21)18(13-14-7-2-1-3-8-14)17-12-6-10-15-9-4-5-11-16(15)17/h1-13H,(H2,20,21). The lowest BCUT2D eigenvalue weighted by molar-refractivity contribution is -0.112. The Morgan fingerprint density at radius 1 is 0.810 bits per heavy atom. The average Bonchev–Trinajstić information content (AvgIpc) is 2.53. The Labute approximate surface area is 123 Å². The van der Waals surface area contributed by atoms with Crippen LogP contribution in [0.1, 0.15) is 11.1 Å². The third kappa shape index (κ3) is 2.70. The van der Waals surface area contributed by atoms with E-state index in [-0.39, 0.29) is 0 Å². The smallest absolute Gasteiger partial charge is 0.249 e. The number of hydrogen-bond acceptors (Lipinski definition) is 1. The third-order valence-electron chi connectivity index (χ3n) is 3.46. The SMILES string of the molecule is NC(=O)C(=Cc1ccccc1)c1cccc2ccccc12. The molecule has 3 rings (SSSR count). The van der Waals surface area contributed by atoms with E-state index >= 15 is 0 Å². The first-order chi connectivity index (χ1) is 10.3. The topological polar surface area (TPSA) is 43.1 Å². The first-order valence-corrected chi connectivity index (χ1v) is 6.80. The highest BCUT2D eigenvalue weighted by Gasteiger charge is 2.11. The monoisotopic (exact) mass is 273 g/mol. The normalized spacial score (nSPS) is 11.5. The van der Waals surface area contributed by atoms with Gasteiger partial charge in [0, 0.05) is 5.57 Å². The van der Waals surface area contributed by atoms with Gasteiger partial charge in [0.2, 0.25) is 5.91 Å². The molecule has 3 aromatic rings. The molecule has 21 heavy (non-hydrogen) atoms. The molecule has 0 saturated heterocycles. The summed E-state index contributed by atoms with van der Waals surface area (Å²) in [5.74, 6) is -0.421. The minimum absolute atomic E-state index is 0.421. The zero-order valence-electron chi connectivity index (χ0n) is 11.5. The fourth-order valence-electron chi connectivity index (χ4n) is 2.46. The molecular formula is C19H15NO. The molecule has 0 saturated carbocycles. The van der Waals surface area contributed by atoms with E-state index < -0.39 is 5.91 Å². The van der Waals surface area contributed by atoms with Gasteiger partial charge < -0.3 is 5.73 Å². The lowest BCUT2D eigenvalue weighted by Gasteiger charge is -2.08. The number of benzene rings is 3. The van der Waals surface area contributed by atoms with Gasteiger partial charge in [0.25, 0.3) is 0 Å². The van der Waals surface area contributed by atoms with Gasteiger partial charge in [-0.05, 0) is 28.0 Å². The van der Waals surface area contributed by atoms with E-state index in [0.29, 0.717) is 5.57 Å². The van der Waals surface area contributed by atoms with Crippen LogP contribution in [-0.2, 0) is 4.79 Å². The molecule has 0 aliphatic heterocycles. The molecule has 0 aliphatic carbocycles. The molecule has 0 bridgehead atoms. The molecule has 3 aromatic carbocycles. The predicted molar refractivity (Wildman–Crippen MR) is 87.5 cm³/mol. The third-order valence-corrected chi connectivity index (χ3v) is 3.46. The number of hydrogen-bond donors (Lipinski definition) is 1. The van der Waals surface area contributed by atoms with Crippen molar-refractivity contribution in [2.24, 2.45) is 5.73 Å². The summed E-state index contributed by atoms with van der Waals surface area (Å²) in [6.07, 6.45) is 1.84. The zero-order chi connectivity index (χ0) is 14.7. The van der Waals surface area contributed by atoms with Crippen molar-refractivity contribution < 1.29 is 4.79 Å². The van der Waals surface area contributed by atoms with Crippen LogP contribution in [0.3, 0.4) is 0 Å².